The van der Waals surface area contributed by atoms with Crippen LogP contribution in [0.15, 0.2) is 4.99 Å². The van der Waals surface area contributed by atoms with Crippen LogP contribution in [-0.2, 0) is 4.79 Å². The zero-order chi connectivity index (χ0) is 13.8. The second-order valence-electron chi connectivity index (χ2n) is 4.08. The SMILES string of the molecule is CC.CC(C)=O.CCC(C)(C)NC(C)=NC. The standard InChI is InChI=1S/C8H18N2.C3H6O.C2H6/c1-6-8(3,4)10-7(2)9-5;1-3(2)4;1-2/h6H2,1-5H3,(H,9,10);1-2H3;1-2H3. The molecule has 0 aliphatic heterocycles. The molecule has 0 atom stereocenters. The second kappa shape index (κ2) is 12.2. The van der Waals surface area contributed by atoms with Crippen LogP contribution in [0.5, 0.6) is 0 Å². The van der Waals surface area contributed by atoms with E-state index in [0.717, 1.165) is 12.3 Å². The van der Waals surface area contributed by atoms with Gasteiger partial charge in [-0.1, -0.05) is 20.8 Å². The summed E-state index contributed by atoms with van der Waals surface area (Å²) in [6, 6.07) is 0. The number of rotatable bonds is 2. The van der Waals surface area contributed by atoms with E-state index in [1.54, 1.807) is 7.05 Å². The number of carbonyl (C=O) groups is 1. The van der Waals surface area contributed by atoms with Crippen molar-refractivity contribution in [2.24, 2.45) is 4.99 Å². The van der Waals surface area contributed by atoms with Gasteiger partial charge in [-0.3, -0.25) is 4.99 Å². The van der Waals surface area contributed by atoms with E-state index in [-0.39, 0.29) is 11.3 Å². The summed E-state index contributed by atoms with van der Waals surface area (Å²) in [7, 11) is 1.80. The van der Waals surface area contributed by atoms with Crippen LogP contribution < -0.4 is 5.32 Å². The van der Waals surface area contributed by atoms with Gasteiger partial charge in [-0.05, 0) is 41.0 Å². The Hall–Kier alpha value is -0.860. The average molecular weight is 230 g/mol. The zero-order valence-corrected chi connectivity index (χ0v) is 12.6. The van der Waals surface area contributed by atoms with E-state index >= 15 is 0 Å². The molecule has 0 fully saturated rings. The molecule has 0 saturated heterocycles. The van der Waals surface area contributed by atoms with Crippen molar-refractivity contribution in [1.29, 1.82) is 0 Å². The molecule has 0 aromatic heterocycles. The molecule has 0 aromatic rings. The van der Waals surface area contributed by atoms with E-state index in [4.69, 9.17) is 0 Å². The number of hydrogen-bond donors (Lipinski definition) is 1. The molecule has 0 unspecified atom stereocenters. The smallest absolute Gasteiger partial charge is 0.126 e. The highest BCUT2D eigenvalue weighted by Gasteiger charge is 2.13. The molecular weight excluding hydrogens is 200 g/mol. The third-order valence-corrected chi connectivity index (χ3v) is 1.74. The third-order valence-electron chi connectivity index (χ3n) is 1.74. The van der Waals surface area contributed by atoms with Crippen LogP contribution >= 0.6 is 0 Å². The molecule has 0 radical (unpaired) electrons. The van der Waals surface area contributed by atoms with Gasteiger partial charge in [0, 0.05) is 12.6 Å². The van der Waals surface area contributed by atoms with Gasteiger partial charge in [-0.2, -0.15) is 0 Å². The minimum atomic E-state index is 0.167. The lowest BCUT2D eigenvalue weighted by atomic mass is 10.0. The molecule has 0 aliphatic carbocycles. The molecular formula is C13H30N2O. The first-order valence-electron chi connectivity index (χ1n) is 5.94. The maximum Gasteiger partial charge on any atom is 0.126 e. The molecule has 0 heterocycles. The summed E-state index contributed by atoms with van der Waals surface area (Å²) in [6.07, 6.45) is 1.11. The van der Waals surface area contributed by atoms with E-state index in [1.165, 1.54) is 13.8 Å². The zero-order valence-electron chi connectivity index (χ0n) is 12.6. The first kappa shape index (κ1) is 20.5. The maximum atomic E-state index is 9.44. The fourth-order valence-electron chi connectivity index (χ4n) is 0.634. The molecule has 0 amide bonds. The Bertz CT molecular complexity index is 192. The van der Waals surface area contributed by atoms with Crippen molar-refractivity contribution in [1.82, 2.24) is 5.32 Å². The van der Waals surface area contributed by atoms with Crippen molar-refractivity contribution in [3.63, 3.8) is 0 Å². The van der Waals surface area contributed by atoms with E-state index < -0.39 is 0 Å². The van der Waals surface area contributed by atoms with Crippen LogP contribution in [0, 0.1) is 0 Å². The van der Waals surface area contributed by atoms with Crippen molar-refractivity contribution >= 4 is 11.6 Å². The summed E-state index contributed by atoms with van der Waals surface area (Å²) >= 11 is 0. The molecule has 16 heavy (non-hydrogen) atoms. The first-order valence-corrected chi connectivity index (χ1v) is 5.94. The number of nitrogens with zero attached hydrogens (tertiary/aromatic N) is 1. The summed E-state index contributed by atoms with van der Waals surface area (Å²) in [5.41, 5.74) is 0.184. The lowest BCUT2D eigenvalue weighted by Gasteiger charge is -2.25. The first-order chi connectivity index (χ1) is 7.25. The second-order valence-corrected chi connectivity index (χ2v) is 4.08. The number of hydrogen-bond acceptors (Lipinski definition) is 2. The molecule has 0 saturated carbocycles. The largest absolute Gasteiger partial charge is 0.369 e. The summed E-state index contributed by atoms with van der Waals surface area (Å²) in [5.74, 6) is 1.17. The minimum Gasteiger partial charge on any atom is -0.369 e. The van der Waals surface area contributed by atoms with Crippen LogP contribution in [-0.4, -0.2) is 24.2 Å². The molecule has 0 bridgehead atoms. The van der Waals surface area contributed by atoms with Crippen LogP contribution in [0.25, 0.3) is 0 Å². The third kappa shape index (κ3) is 23.2. The molecule has 98 valence electrons. The molecule has 3 nitrogen and oxygen atoms in total. The number of aliphatic imine (C=N–C) groups is 1. The molecule has 0 rings (SSSR count). The summed E-state index contributed by atoms with van der Waals surface area (Å²) in [4.78, 5) is 13.5. The number of carbonyl (C=O) groups excluding carboxylic acids is 1. The Morgan fingerprint density at radius 2 is 1.50 bits per heavy atom. The monoisotopic (exact) mass is 230 g/mol. The highest BCUT2D eigenvalue weighted by atomic mass is 16.1. The highest BCUT2D eigenvalue weighted by Crippen LogP contribution is 2.05. The summed E-state index contributed by atoms with van der Waals surface area (Å²) in [5, 5.41) is 3.31. The Morgan fingerprint density at radius 3 is 1.69 bits per heavy atom. The van der Waals surface area contributed by atoms with Crippen molar-refractivity contribution in [3.05, 3.63) is 0 Å². The van der Waals surface area contributed by atoms with Gasteiger partial charge in [0.05, 0.1) is 5.84 Å². The molecule has 0 aromatic carbocycles. The van der Waals surface area contributed by atoms with Gasteiger partial charge >= 0.3 is 0 Å². The fraction of sp³-hybridized carbons (Fsp3) is 0.846. The van der Waals surface area contributed by atoms with Crippen LogP contribution in [0.1, 0.15) is 61.8 Å². The van der Waals surface area contributed by atoms with Gasteiger partial charge in [-0.25, -0.2) is 0 Å². The summed E-state index contributed by atoms with van der Waals surface area (Å²) in [6.45, 7) is 15.5. The van der Waals surface area contributed by atoms with E-state index in [1.807, 2.05) is 20.8 Å². The normalized spacial score (nSPS) is 10.4. The number of amidine groups is 1. The van der Waals surface area contributed by atoms with E-state index in [0.29, 0.717) is 0 Å². The Kier molecular flexibility index (Phi) is 15.7. The highest BCUT2D eigenvalue weighted by molar-refractivity contribution is 5.79. The lowest BCUT2D eigenvalue weighted by Crippen LogP contribution is -2.41. The Morgan fingerprint density at radius 1 is 1.19 bits per heavy atom. The maximum absolute atomic E-state index is 9.44. The van der Waals surface area contributed by atoms with Crippen molar-refractivity contribution < 1.29 is 4.79 Å². The molecule has 0 spiro atoms. The molecule has 0 aliphatic rings. The Labute approximate surface area is 102 Å². The van der Waals surface area contributed by atoms with Gasteiger partial charge in [0.2, 0.25) is 0 Å². The number of ketones is 1. The van der Waals surface area contributed by atoms with Gasteiger partial charge in [0.25, 0.3) is 0 Å². The number of Topliss-reactive ketones (excluding diaryl/α,β-unsaturated/α-hetero) is 1. The number of nitrogens with one attached hydrogen (secondary N) is 1. The van der Waals surface area contributed by atoms with Crippen molar-refractivity contribution in [2.75, 3.05) is 7.05 Å². The van der Waals surface area contributed by atoms with E-state index in [9.17, 15) is 4.79 Å². The topological polar surface area (TPSA) is 41.5 Å². The van der Waals surface area contributed by atoms with Crippen LogP contribution in [0.3, 0.4) is 0 Å². The lowest BCUT2D eigenvalue weighted by molar-refractivity contribution is -0.114. The van der Waals surface area contributed by atoms with Crippen LogP contribution in [0.4, 0.5) is 0 Å². The minimum absolute atomic E-state index is 0.167. The molecule has 1 N–H and O–H groups in total. The van der Waals surface area contributed by atoms with Gasteiger partial charge in [0.1, 0.15) is 5.78 Å². The van der Waals surface area contributed by atoms with Crippen molar-refractivity contribution in [3.8, 4) is 0 Å². The van der Waals surface area contributed by atoms with Crippen LogP contribution in [0.2, 0.25) is 0 Å². The Balaban J connectivity index is -0.000000237. The summed E-state index contributed by atoms with van der Waals surface area (Å²) < 4.78 is 0. The quantitative estimate of drug-likeness (QED) is 0.583. The fourth-order valence-corrected chi connectivity index (χ4v) is 0.634. The average Bonchev–Trinajstić information content (AvgIpc) is 2.19. The van der Waals surface area contributed by atoms with Gasteiger partial charge in [-0.15, -0.1) is 0 Å². The predicted molar refractivity (Wildman–Crippen MR) is 74.2 cm³/mol. The predicted octanol–water partition coefficient (Wildman–Crippen LogP) is 3.43. The van der Waals surface area contributed by atoms with Gasteiger partial charge in [0.15, 0.2) is 0 Å². The van der Waals surface area contributed by atoms with E-state index in [2.05, 4.69) is 31.1 Å². The molecule has 3 heteroatoms. The van der Waals surface area contributed by atoms with Crippen molar-refractivity contribution in [2.45, 2.75) is 67.3 Å². The van der Waals surface area contributed by atoms with Gasteiger partial charge < -0.3 is 10.1 Å².